The summed E-state index contributed by atoms with van der Waals surface area (Å²) in [6.07, 6.45) is 2.80. The molecule has 0 unspecified atom stereocenters. The van der Waals surface area contributed by atoms with Crippen LogP contribution in [0.3, 0.4) is 0 Å². The van der Waals surface area contributed by atoms with Crippen molar-refractivity contribution in [2.24, 2.45) is 0 Å². The minimum absolute atomic E-state index is 0.0167. The lowest BCUT2D eigenvalue weighted by Gasteiger charge is -2.32. The first-order valence-corrected chi connectivity index (χ1v) is 9.29. The molecule has 7 nitrogen and oxygen atoms in total. The summed E-state index contributed by atoms with van der Waals surface area (Å²) in [5, 5.41) is 3.71. The Hall–Kier alpha value is -3.35. The number of H-pyrrole nitrogens is 1. The van der Waals surface area contributed by atoms with E-state index in [0.717, 1.165) is 10.9 Å². The number of carbonyl (C=O) groups excluding carboxylic acids is 2. The summed E-state index contributed by atoms with van der Waals surface area (Å²) in [4.78, 5) is 41.7. The molecule has 0 atom stereocenters. The van der Waals surface area contributed by atoms with Gasteiger partial charge in [0.1, 0.15) is 0 Å². The first-order valence-electron chi connectivity index (χ1n) is 9.29. The van der Waals surface area contributed by atoms with Gasteiger partial charge in [-0.15, -0.1) is 0 Å². The van der Waals surface area contributed by atoms with Crippen molar-refractivity contribution in [3.05, 3.63) is 69.9 Å². The topological polar surface area (TPSA) is 95.4 Å². The first kappa shape index (κ1) is 18.0. The highest BCUT2D eigenvalue weighted by molar-refractivity contribution is 6.06. The number of amides is 2. The maximum Gasteiger partial charge on any atom is 0.287 e. The molecule has 1 saturated heterocycles. The highest BCUT2D eigenvalue weighted by Gasteiger charge is 2.27. The quantitative estimate of drug-likeness (QED) is 0.731. The van der Waals surface area contributed by atoms with Gasteiger partial charge in [-0.3, -0.25) is 14.4 Å². The van der Waals surface area contributed by atoms with E-state index in [1.807, 2.05) is 25.1 Å². The minimum atomic E-state index is -0.294. The Labute approximate surface area is 161 Å². The van der Waals surface area contributed by atoms with E-state index >= 15 is 0 Å². The van der Waals surface area contributed by atoms with Gasteiger partial charge in [0.2, 0.25) is 5.56 Å². The average molecular weight is 379 g/mol. The Balaban J connectivity index is 1.44. The molecule has 3 heterocycles. The second-order valence-corrected chi connectivity index (χ2v) is 7.07. The van der Waals surface area contributed by atoms with Crippen LogP contribution in [0.1, 0.15) is 39.3 Å². The molecular formula is C21H21N3O4. The number of para-hydroxylation sites is 1. The summed E-state index contributed by atoms with van der Waals surface area (Å²) in [6, 6.07) is 10.4. The van der Waals surface area contributed by atoms with Crippen molar-refractivity contribution >= 4 is 22.7 Å². The Morgan fingerprint density at radius 2 is 1.93 bits per heavy atom. The molecular weight excluding hydrogens is 358 g/mol. The number of nitrogens with zero attached hydrogens (tertiary/aromatic N) is 1. The molecule has 0 saturated carbocycles. The van der Waals surface area contributed by atoms with Gasteiger partial charge in [-0.05, 0) is 31.9 Å². The molecule has 0 spiro atoms. The molecule has 1 aliphatic rings. The SMILES string of the molecule is Cc1ccoc1C(=O)NC1CCN(C(=O)c2cc(=O)[nH]c3ccccc23)CC1. The van der Waals surface area contributed by atoms with Crippen LogP contribution in [0.4, 0.5) is 0 Å². The highest BCUT2D eigenvalue weighted by atomic mass is 16.3. The van der Waals surface area contributed by atoms with Crippen molar-refractivity contribution < 1.29 is 14.0 Å². The van der Waals surface area contributed by atoms with Crippen molar-refractivity contribution in [2.45, 2.75) is 25.8 Å². The number of aryl methyl sites for hydroxylation is 1. The van der Waals surface area contributed by atoms with E-state index in [0.29, 0.717) is 42.8 Å². The number of fused-ring (bicyclic) bond motifs is 1. The molecule has 2 aromatic heterocycles. The number of rotatable bonds is 3. The van der Waals surface area contributed by atoms with Crippen molar-refractivity contribution in [2.75, 3.05) is 13.1 Å². The Morgan fingerprint density at radius 1 is 1.18 bits per heavy atom. The van der Waals surface area contributed by atoms with E-state index in [1.54, 1.807) is 17.0 Å². The van der Waals surface area contributed by atoms with Crippen LogP contribution in [0.2, 0.25) is 0 Å². The van der Waals surface area contributed by atoms with E-state index < -0.39 is 0 Å². The van der Waals surface area contributed by atoms with Crippen LogP contribution in [0.5, 0.6) is 0 Å². The van der Waals surface area contributed by atoms with Gasteiger partial charge in [-0.2, -0.15) is 0 Å². The molecule has 0 radical (unpaired) electrons. The Bertz CT molecular complexity index is 1090. The molecule has 2 N–H and O–H groups in total. The number of benzene rings is 1. The van der Waals surface area contributed by atoms with E-state index in [2.05, 4.69) is 10.3 Å². The van der Waals surface area contributed by atoms with Crippen LogP contribution < -0.4 is 10.9 Å². The first-order chi connectivity index (χ1) is 13.5. The summed E-state index contributed by atoms with van der Waals surface area (Å²) in [5.74, 6) is -0.0599. The van der Waals surface area contributed by atoms with Gasteiger partial charge < -0.3 is 19.6 Å². The Kier molecular flexibility index (Phi) is 4.73. The molecule has 2 amide bonds. The standard InChI is InChI=1S/C21H21N3O4/c1-13-8-11-28-19(13)20(26)22-14-6-9-24(10-7-14)21(27)16-12-18(25)23-17-5-3-2-4-15(16)17/h2-5,8,11-12,14H,6-7,9-10H2,1H3,(H,22,26)(H,23,25). The van der Waals surface area contributed by atoms with E-state index in [1.165, 1.54) is 12.3 Å². The van der Waals surface area contributed by atoms with E-state index in [4.69, 9.17) is 4.42 Å². The van der Waals surface area contributed by atoms with Gasteiger partial charge in [0.25, 0.3) is 11.8 Å². The zero-order valence-electron chi connectivity index (χ0n) is 15.5. The zero-order chi connectivity index (χ0) is 19.7. The molecule has 0 bridgehead atoms. The molecule has 144 valence electrons. The largest absolute Gasteiger partial charge is 0.459 e. The fraction of sp³-hybridized carbons (Fsp3) is 0.286. The van der Waals surface area contributed by atoms with E-state index in [-0.39, 0.29) is 23.4 Å². The minimum Gasteiger partial charge on any atom is -0.459 e. The lowest BCUT2D eigenvalue weighted by molar-refractivity contribution is 0.0697. The average Bonchev–Trinajstić information content (AvgIpc) is 3.13. The maximum absolute atomic E-state index is 13.0. The Morgan fingerprint density at radius 3 is 2.64 bits per heavy atom. The second-order valence-electron chi connectivity index (χ2n) is 7.07. The molecule has 28 heavy (non-hydrogen) atoms. The smallest absolute Gasteiger partial charge is 0.287 e. The lowest BCUT2D eigenvalue weighted by Crippen LogP contribution is -2.46. The van der Waals surface area contributed by atoms with Crippen LogP contribution in [0, 0.1) is 6.92 Å². The molecule has 0 aliphatic carbocycles. The third-order valence-electron chi connectivity index (χ3n) is 5.17. The van der Waals surface area contributed by atoms with Crippen LogP contribution in [-0.2, 0) is 0 Å². The summed E-state index contributed by atoms with van der Waals surface area (Å²) in [5.41, 5.74) is 1.56. The van der Waals surface area contributed by atoms with E-state index in [9.17, 15) is 14.4 Å². The molecule has 1 fully saturated rings. The van der Waals surface area contributed by atoms with Gasteiger partial charge in [0.15, 0.2) is 5.76 Å². The normalized spacial score (nSPS) is 15.0. The number of piperidine rings is 1. The number of aromatic amines is 1. The lowest BCUT2D eigenvalue weighted by atomic mass is 10.0. The third-order valence-corrected chi connectivity index (χ3v) is 5.17. The van der Waals surface area contributed by atoms with Gasteiger partial charge in [0, 0.05) is 41.7 Å². The number of hydrogen-bond acceptors (Lipinski definition) is 4. The number of aromatic nitrogens is 1. The molecule has 1 aliphatic heterocycles. The number of furan rings is 1. The predicted octanol–water partition coefficient (Wildman–Crippen LogP) is 2.46. The van der Waals surface area contributed by atoms with Gasteiger partial charge >= 0.3 is 0 Å². The summed E-state index contributed by atoms with van der Waals surface area (Å²) >= 11 is 0. The molecule has 4 rings (SSSR count). The fourth-order valence-corrected chi connectivity index (χ4v) is 3.64. The van der Waals surface area contributed by atoms with Crippen LogP contribution in [-0.4, -0.2) is 40.8 Å². The summed E-state index contributed by atoms with van der Waals surface area (Å²) < 4.78 is 5.23. The third kappa shape index (κ3) is 3.43. The molecule has 7 heteroatoms. The van der Waals surface area contributed by atoms with Crippen LogP contribution in [0.15, 0.2) is 51.9 Å². The number of likely N-dealkylation sites (tertiary alicyclic amines) is 1. The summed E-state index contributed by atoms with van der Waals surface area (Å²) in [7, 11) is 0. The van der Waals surface area contributed by atoms with Crippen molar-refractivity contribution in [3.63, 3.8) is 0 Å². The second kappa shape index (κ2) is 7.34. The van der Waals surface area contributed by atoms with Gasteiger partial charge in [0.05, 0.1) is 11.8 Å². The monoisotopic (exact) mass is 379 g/mol. The molecule has 3 aromatic rings. The number of carbonyl (C=O) groups is 2. The fourth-order valence-electron chi connectivity index (χ4n) is 3.64. The van der Waals surface area contributed by atoms with Crippen LogP contribution in [0.25, 0.3) is 10.9 Å². The molecule has 1 aromatic carbocycles. The highest BCUT2D eigenvalue weighted by Crippen LogP contribution is 2.20. The zero-order valence-corrected chi connectivity index (χ0v) is 15.5. The van der Waals surface area contributed by atoms with Crippen molar-refractivity contribution in [1.82, 2.24) is 15.2 Å². The number of nitrogens with one attached hydrogen (secondary N) is 2. The van der Waals surface area contributed by atoms with Gasteiger partial charge in [-0.25, -0.2) is 0 Å². The van der Waals surface area contributed by atoms with Crippen molar-refractivity contribution in [1.29, 1.82) is 0 Å². The number of pyridine rings is 1. The van der Waals surface area contributed by atoms with Gasteiger partial charge in [-0.1, -0.05) is 18.2 Å². The van der Waals surface area contributed by atoms with Crippen LogP contribution >= 0.6 is 0 Å². The predicted molar refractivity (Wildman–Crippen MR) is 104 cm³/mol. The summed E-state index contributed by atoms with van der Waals surface area (Å²) in [6.45, 7) is 2.86. The maximum atomic E-state index is 13.0. The number of hydrogen-bond donors (Lipinski definition) is 2. The van der Waals surface area contributed by atoms with Crippen molar-refractivity contribution in [3.8, 4) is 0 Å².